The second kappa shape index (κ2) is 12.7. The first-order valence-corrected chi connectivity index (χ1v) is 10.9. The number of rotatable bonds is 14. The number of benzene rings is 1. The summed E-state index contributed by atoms with van der Waals surface area (Å²) in [6.45, 7) is 4.64. The van der Waals surface area contributed by atoms with Gasteiger partial charge in [-0.3, -0.25) is 4.98 Å². The summed E-state index contributed by atoms with van der Waals surface area (Å²) in [6.07, 6.45) is 21.3. The lowest BCUT2D eigenvalue weighted by molar-refractivity contribution is -0.730. The summed E-state index contributed by atoms with van der Waals surface area (Å²) in [5.74, 6) is 0.697. The molecular weight excluding hydrogens is 316 g/mol. The fraction of sp³-hybridized carbons (Fsp3) is 0.625. The standard InChI is InChI=1S/C24H38N2/c1-3-5-6-7-8-9-10-14-17-24(26-19-18-25-21-26)23(4-2)20-22-15-12-11-13-16-22/h11-13,15-16,18-19,21,23-24H,3-10,14,17,20H2,1-2H3/p+1. The number of nitrogens with zero attached hydrogens (tertiary/aromatic N) is 1. The normalized spacial score (nSPS) is 13.6. The van der Waals surface area contributed by atoms with Crippen LogP contribution < -0.4 is 4.57 Å². The van der Waals surface area contributed by atoms with Gasteiger partial charge in [-0.05, 0) is 31.2 Å². The van der Waals surface area contributed by atoms with Crippen molar-refractivity contribution < 1.29 is 4.57 Å². The summed E-state index contributed by atoms with van der Waals surface area (Å²) < 4.78 is 2.42. The number of nitrogens with one attached hydrogen (secondary N) is 1. The van der Waals surface area contributed by atoms with E-state index < -0.39 is 0 Å². The predicted molar refractivity (Wildman–Crippen MR) is 111 cm³/mol. The van der Waals surface area contributed by atoms with Gasteiger partial charge in [-0.15, -0.1) is 0 Å². The Balaban J connectivity index is 1.83. The Morgan fingerprint density at radius 2 is 1.58 bits per heavy atom. The smallest absolute Gasteiger partial charge is 0.241 e. The van der Waals surface area contributed by atoms with Crippen LogP contribution in [-0.4, -0.2) is 4.98 Å². The fourth-order valence-corrected chi connectivity index (χ4v) is 4.09. The van der Waals surface area contributed by atoms with Crippen LogP contribution in [0.5, 0.6) is 0 Å². The highest BCUT2D eigenvalue weighted by Gasteiger charge is 2.25. The van der Waals surface area contributed by atoms with Crippen LogP contribution in [-0.2, 0) is 6.42 Å². The van der Waals surface area contributed by atoms with Crippen LogP contribution in [0.3, 0.4) is 0 Å². The zero-order valence-electron chi connectivity index (χ0n) is 17.0. The van der Waals surface area contributed by atoms with E-state index in [9.17, 15) is 0 Å². The van der Waals surface area contributed by atoms with Gasteiger partial charge in [0.05, 0.1) is 0 Å². The molecule has 1 aromatic carbocycles. The maximum Gasteiger partial charge on any atom is 0.241 e. The van der Waals surface area contributed by atoms with E-state index in [0.717, 1.165) is 0 Å². The van der Waals surface area contributed by atoms with E-state index in [-0.39, 0.29) is 0 Å². The molecule has 2 rings (SSSR count). The molecule has 1 N–H and O–H groups in total. The molecule has 2 atom stereocenters. The Morgan fingerprint density at radius 3 is 2.19 bits per heavy atom. The number of hydrogen-bond acceptors (Lipinski definition) is 0. The molecule has 144 valence electrons. The van der Waals surface area contributed by atoms with Crippen molar-refractivity contribution in [1.29, 1.82) is 0 Å². The van der Waals surface area contributed by atoms with E-state index in [2.05, 4.69) is 72.5 Å². The Bertz CT molecular complexity index is 547. The molecule has 2 heteroatoms. The van der Waals surface area contributed by atoms with E-state index in [1.807, 2.05) is 0 Å². The van der Waals surface area contributed by atoms with Crippen LogP contribution in [0, 0.1) is 5.92 Å². The van der Waals surface area contributed by atoms with Crippen molar-refractivity contribution in [3.8, 4) is 0 Å². The van der Waals surface area contributed by atoms with Crippen molar-refractivity contribution in [3.63, 3.8) is 0 Å². The molecule has 0 saturated heterocycles. The van der Waals surface area contributed by atoms with Crippen molar-refractivity contribution in [2.45, 2.75) is 90.5 Å². The molecule has 2 nitrogen and oxygen atoms in total. The Labute approximate surface area is 161 Å². The SMILES string of the molecule is CCCCCCCCCCC(C(CC)Cc1ccccc1)[n+]1cc[nH]c1. The lowest BCUT2D eigenvalue weighted by atomic mass is 9.86. The summed E-state index contributed by atoms with van der Waals surface area (Å²) in [5, 5.41) is 0. The summed E-state index contributed by atoms with van der Waals surface area (Å²) in [6, 6.07) is 11.6. The third-order valence-corrected chi connectivity index (χ3v) is 5.71. The van der Waals surface area contributed by atoms with Gasteiger partial charge in [0.2, 0.25) is 6.33 Å². The zero-order chi connectivity index (χ0) is 18.5. The maximum absolute atomic E-state index is 3.25. The number of aromatic nitrogens is 2. The minimum atomic E-state index is 0.603. The second-order valence-electron chi connectivity index (χ2n) is 7.75. The van der Waals surface area contributed by atoms with Gasteiger partial charge in [-0.2, -0.15) is 0 Å². The largest absolute Gasteiger partial charge is 0.250 e. The van der Waals surface area contributed by atoms with Gasteiger partial charge in [0.1, 0.15) is 18.4 Å². The summed E-state index contributed by atoms with van der Waals surface area (Å²) in [5.41, 5.74) is 1.47. The molecule has 0 saturated carbocycles. The van der Waals surface area contributed by atoms with Gasteiger partial charge < -0.3 is 0 Å². The molecule has 0 bridgehead atoms. The van der Waals surface area contributed by atoms with Gasteiger partial charge in [-0.25, -0.2) is 4.57 Å². The monoisotopic (exact) mass is 355 g/mol. The first-order valence-electron chi connectivity index (χ1n) is 10.9. The van der Waals surface area contributed by atoms with Crippen molar-refractivity contribution in [3.05, 3.63) is 54.6 Å². The molecule has 0 spiro atoms. The third-order valence-electron chi connectivity index (χ3n) is 5.71. The van der Waals surface area contributed by atoms with Crippen molar-refractivity contribution in [2.75, 3.05) is 0 Å². The number of aromatic amines is 1. The van der Waals surface area contributed by atoms with Crippen LogP contribution >= 0.6 is 0 Å². The quantitative estimate of drug-likeness (QED) is 0.289. The molecule has 0 radical (unpaired) electrons. The first kappa shape index (κ1) is 20.7. The minimum absolute atomic E-state index is 0.603. The molecule has 2 aromatic rings. The second-order valence-corrected chi connectivity index (χ2v) is 7.75. The fourth-order valence-electron chi connectivity index (χ4n) is 4.09. The topological polar surface area (TPSA) is 19.7 Å². The van der Waals surface area contributed by atoms with Crippen LogP contribution in [0.1, 0.15) is 89.7 Å². The van der Waals surface area contributed by atoms with Gasteiger partial charge in [0.25, 0.3) is 0 Å². The number of H-pyrrole nitrogens is 1. The van der Waals surface area contributed by atoms with E-state index in [0.29, 0.717) is 12.0 Å². The molecule has 0 aliphatic heterocycles. The highest BCUT2D eigenvalue weighted by molar-refractivity contribution is 5.15. The molecular formula is C24H39N2+. The Morgan fingerprint density at radius 1 is 0.885 bits per heavy atom. The molecule has 0 aliphatic carbocycles. The first-order chi connectivity index (χ1) is 12.8. The lowest BCUT2D eigenvalue weighted by Crippen LogP contribution is -2.42. The van der Waals surface area contributed by atoms with Crippen molar-refractivity contribution >= 4 is 0 Å². The average molecular weight is 356 g/mol. The highest BCUT2D eigenvalue weighted by Crippen LogP contribution is 2.26. The Kier molecular flexibility index (Phi) is 10.2. The van der Waals surface area contributed by atoms with E-state index in [1.54, 1.807) is 0 Å². The minimum Gasteiger partial charge on any atom is -0.250 e. The van der Waals surface area contributed by atoms with Crippen molar-refractivity contribution in [1.82, 2.24) is 4.98 Å². The third kappa shape index (κ3) is 7.35. The van der Waals surface area contributed by atoms with Crippen LogP contribution in [0.15, 0.2) is 49.1 Å². The molecule has 1 heterocycles. The molecule has 0 fully saturated rings. The molecule has 26 heavy (non-hydrogen) atoms. The zero-order valence-corrected chi connectivity index (χ0v) is 17.0. The van der Waals surface area contributed by atoms with Gasteiger partial charge in [-0.1, -0.05) is 89.1 Å². The average Bonchev–Trinajstić information content (AvgIpc) is 3.21. The van der Waals surface area contributed by atoms with E-state index in [4.69, 9.17) is 0 Å². The number of unbranched alkanes of at least 4 members (excludes halogenated alkanes) is 7. The number of imidazole rings is 1. The highest BCUT2D eigenvalue weighted by atomic mass is 15.1. The van der Waals surface area contributed by atoms with Gasteiger partial charge in [0, 0.05) is 5.92 Å². The maximum atomic E-state index is 3.25. The predicted octanol–water partition coefficient (Wildman–Crippen LogP) is 6.64. The van der Waals surface area contributed by atoms with E-state index in [1.165, 1.54) is 76.2 Å². The van der Waals surface area contributed by atoms with Gasteiger partial charge >= 0.3 is 0 Å². The van der Waals surface area contributed by atoms with Gasteiger partial charge in [0.15, 0.2) is 0 Å². The molecule has 1 aromatic heterocycles. The summed E-state index contributed by atoms with van der Waals surface area (Å²) >= 11 is 0. The molecule has 2 unspecified atom stereocenters. The van der Waals surface area contributed by atoms with Crippen molar-refractivity contribution in [2.24, 2.45) is 5.92 Å². The Hall–Kier alpha value is -1.57. The molecule has 0 aliphatic rings. The summed E-state index contributed by atoms with van der Waals surface area (Å²) in [7, 11) is 0. The van der Waals surface area contributed by atoms with Crippen LogP contribution in [0.25, 0.3) is 0 Å². The summed E-state index contributed by atoms with van der Waals surface area (Å²) in [4.78, 5) is 3.25. The van der Waals surface area contributed by atoms with E-state index >= 15 is 0 Å². The van der Waals surface area contributed by atoms with Crippen LogP contribution in [0.2, 0.25) is 0 Å². The lowest BCUT2D eigenvalue weighted by Gasteiger charge is -2.24. The van der Waals surface area contributed by atoms with Crippen LogP contribution in [0.4, 0.5) is 0 Å². The molecule has 0 amide bonds. The number of hydrogen-bond donors (Lipinski definition) is 1.